The second-order valence-electron chi connectivity index (χ2n) is 5.12. The Labute approximate surface area is 135 Å². The number of fused-ring (bicyclic) bond motifs is 1. The van der Waals surface area contributed by atoms with Crippen LogP contribution in [0.25, 0.3) is 10.9 Å². The highest BCUT2D eigenvalue weighted by Crippen LogP contribution is 2.34. The topological polar surface area (TPSA) is 65.5 Å². The van der Waals surface area contributed by atoms with Gasteiger partial charge in [-0.05, 0) is 23.6 Å². The molecule has 3 heterocycles. The van der Waals surface area contributed by atoms with Crippen LogP contribution < -0.4 is 4.90 Å². The SMILES string of the molecule is O=C1CC(SC2=NCCS2)C(=O)N1c1ccc2cc[nH]c2c1. The van der Waals surface area contributed by atoms with Crippen molar-refractivity contribution in [2.75, 3.05) is 17.2 Å². The molecule has 2 amide bonds. The van der Waals surface area contributed by atoms with E-state index in [0.29, 0.717) is 5.69 Å². The number of anilines is 1. The maximum atomic E-state index is 12.6. The Morgan fingerprint density at radius 3 is 3.05 bits per heavy atom. The Morgan fingerprint density at radius 1 is 1.32 bits per heavy atom. The number of carbonyl (C=O) groups excluding carboxylic acids is 2. The van der Waals surface area contributed by atoms with Crippen LogP contribution in [0, 0.1) is 0 Å². The minimum atomic E-state index is -0.351. The maximum Gasteiger partial charge on any atom is 0.247 e. The molecule has 2 aliphatic heterocycles. The molecule has 1 aromatic heterocycles. The summed E-state index contributed by atoms with van der Waals surface area (Å²) in [6.07, 6.45) is 2.09. The molecule has 1 aromatic carbocycles. The number of aliphatic imine (C=N–C) groups is 1. The third-order valence-corrected chi connectivity index (χ3v) is 6.09. The number of aromatic amines is 1. The molecule has 4 rings (SSSR count). The van der Waals surface area contributed by atoms with Gasteiger partial charge in [0, 0.05) is 23.9 Å². The molecule has 2 aromatic rings. The van der Waals surface area contributed by atoms with Gasteiger partial charge in [-0.3, -0.25) is 14.6 Å². The van der Waals surface area contributed by atoms with Gasteiger partial charge < -0.3 is 4.98 Å². The molecule has 112 valence electrons. The van der Waals surface area contributed by atoms with Crippen molar-refractivity contribution in [2.45, 2.75) is 11.7 Å². The fourth-order valence-corrected chi connectivity index (χ4v) is 4.90. The van der Waals surface area contributed by atoms with E-state index in [4.69, 9.17) is 0 Å². The van der Waals surface area contributed by atoms with E-state index in [1.807, 2.05) is 30.5 Å². The summed E-state index contributed by atoms with van der Waals surface area (Å²) >= 11 is 3.08. The minimum Gasteiger partial charge on any atom is -0.361 e. The summed E-state index contributed by atoms with van der Waals surface area (Å²) in [5.41, 5.74) is 1.55. The Balaban J connectivity index is 1.60. The summed E-state index contributed by atoms with van der Waals surface area (Å²) in [4.78, 5) is 33.6. The van der Waals surface area contributed by atoms with Crippen molar-refractivity contribution in [3.63, 3.8) is 0 Å². The standard InChI is InChI=1S/C15H13N3O2S2/c19-13-8-12(22-15-17-5-6-21-15)14(20)18(13)10-2-1-9-3-4-16-11(9)7-10/h1-4,7,12,16H,5-6,8H2. The van der Waals surface area contributed by atoms with Crippen molar-refractivity contribution in [3.05, 3.63) is 30.5 Å². The highest BCUT2D eigenvalue weighted by atomic mass is 32.2. The van der Waals surface area contributed by atoms with Crippen LogP contribution in [0.3, 0.4) is 0 Å². The quantitative estimate of drug-likeness (QED) is 0.859. The van der Waals surface area contributed by atoms with Gasteiger partial charge in [0.05, 0.1) is 12.2 Å². The number of carbonyl (C=O) groups is 2. The lowest BCUT2D eigenvalue weighted by atomic mass is 10.2. The number of hydrogen-bond acceptors (Lipinski definition) is 5. The summed E-state index contributed by atoms with van der Waals surface area (Å²) in [5, 5.41) is 0.710. The van der Waals surface area contributed by atoms with E-state index in [1.54, 1.807) is 11.8 Å². The predicted octanol–water partition coefficient (Wildman–Crippen LogP) is 2.64. The van der Waals surface area contributed by atoms with Crippen LogP contribution in [-0.4, -0.2) is 38.7 Å². The number of amides is 2. The number of nitrogens with one attached hydrogen (secondary N) is 1. The first-order valence-corrected chi connectivity index (χ1v) is 8.87. The number of nitrogens with zero attached hydrogens (tertiary/aromatic N) is 2. The van der Waals surface area contributed by atoms with E-state index in [2.05, 4.69) is 9.98 Å². The smallest absolute Gasteiger partial charge is 0.247 e. The van der Waals surface area contributed by atoms with Gasteiger partial charge in [-0.25, -0.2) is 4.90 Å². The normalized spacial score (nSPS) is 21.9. The van der Waals surface area contributed by atoms with E-state index >= 15 is 0 Å². The molecule has 1 saturated heterocycles. The first-order valence-electron chi connectivity index (χ1n) is 7.00. The summed E-state index contributed by atoms with van der Waals surface area (Å²) < 4.78 is 0.924. The van der Waals surface area contributed by atoms with Crippen LogP contribution in [0.5, 0.6) is 0 Å². The largest absolute Gasteiger partial charge is 0.361 e. The van der Waals surface area contributed by atoms with Gasteiger partial charge in [-0.15, -0.1) is 0 Å². The molecule has 1 N–H and O–H groups in total. The molecule has 0 radical (unpaired) electrons. The van der Waals surface area contributed by atoms with Crippen LogP contribution in [-0.2, 0) is 9.59 Å². The second-order valence-corrected chi connectivity index (χ2v) is 7.66. The average molecular weight is 331 g/mol. The van der Waals surface area contributed by atoms with Crippen molar-refractivity contribution in [1.82, 2.24) is 4.98 Å². The number of rotatable bonds is 2. The summed E-state index contributed by atoms with van der Waals surface area (Å²) in [6.45, 7) is 0.801. The first kappa shape index (κ1) is 13.9. The number of imide groups is 1. The van der Waals surface area contributed by atoms with Crippen molar-refractivity contribution >= 4 is 56.3 Å². The Kier molecular flexibility index (Phi) is 3.46. The maximum absolute atomic E-state index is 12.6. The van der Waals surface area contributed by atoms with Gasteiger partial charge in [-0.1, -0.05) is 29.6 Å². The van der Waals surface area contributed by atoms with Crippen LogP contribution in [0.2, 0.25) is 0 Å². The van der Waals surface area contributed by atoms with Crippen LogP contribution in [0.4, 0.5) is 5.69 Å². The first-order chi connectivity index (χ1) is 10.7. The monoisotopic (exact) mass is 331 g/mol. The fraction of sp³-hybridized carbons (Fsp3) is 0.267. The van der Waals surface area contributed by atoms with Crippen LogP contribution >= 0.6 is 23.5 Å². The number of aromatic nitrogens is 1. The molecule has 5 nitrogen and oxygen atoms in total. The van der Waals surface area contributed by atoms with Gasteiger partial charge >= 0.3 is 0 Å². The van der Waals surface area contributed by atoms with Gasteiger partial charge in [-0.2, -0.15) is 0 Å². The molecule has 22 heavy (non-hydrogen) atoms. The van der Waals surface area contributed by atoms with Gasteiger partial charge in [0.2, 0.25) is 11.8 Å². The lowest BCUT2D eigenvalue weighted by molar-refractivity contribution is -0.121. The summed E-state index contributed by atoms with van der Waals surface area (Å²) in [5.74, 6) is 0.679. The van der Waals surface area contributed by atoms with E-state index < -0.39 is 0 Å². The Hall–Kier alpha value is -1.73. The minimum absolute atomic E-state index is 0.142. The molecular weight excluding hydrogens is 318 g/mol. The molecule has 0 bridgehead atoms. The zero-order chi connectivity index (χ0) is 15.1. The van der Waals surface area contributed by atoms with Crippen LogP contribution in [0.15, 0.2) is 35.5 Å². The van der Waals surface area contributed by atoms with E-state index in [1.165, 1.54) is 16.7 Å². The van der Waals surface area contributed by atoms with Crippen molar-refractivity contribution in [3.8, 4) is 0 Å². The van der Waals surface area contributed by atoms with Gasteiger partial charge in [0.15, 0.2) is 0 Å². The molecule has 1 unspecified atom stereocenters. The third-order valence-electron chi connectivity index (χ3n) is 3.70. The third kappa shape index (κ3) is 2.34. The Bertz CT molecular complexity index is 799. The van der Waals surface area contributed by atoms with Crippen molar-refractivity contribution < 1.29 is 9.59 Å². The fourth-order valence-electron chi connectivity index (χ4n) is 2.65. The molecular formula is C15H13N3O2S2. The number of H-pyrrole nitrogens is 1. The predicted molar refractivity (Wildman–Crippen MR) is 91.5 cm³/mol. The molecule has 7 heteroatoms. The molecule has 0 aliphatic carbocycles. The van der Waals surface area contributed by atoms with Gasteiger partial charge in [0.25, 0.3) is 0 Å². The highest BCUT2D eigenvalue weighted by Gasteiger charge is 2.41. The zero-order valence-electron chi connectivity index (χ0n) is 11.6. The average Bonchev–Trinajstić information content (AvgIpc) is 3.21. The molecule has 1 fully saturated rings. The van der Waals surface area contributed by atoms with E-state index in [9.17, 15) is 9.59 Å². The zero-order valence-corrected chi connectivity index (χ0v) is 13.2. The summed E-state index contributed by atoms with van der Waals surface area (Å²) in [6, 6.07) is 7.54. The summed E-state index contributed by atoms with van der Waals surface area (Å²) in [7, 11) is 0. The van der Waals surface area contributed by atoms with Crippen molar-refractivity contribution in [2.24, 2.45) is 4.99 Å². The lowest BCUT2D eigenvalue weighted by Crippen LogP contribution is -2.31. The number of thioether (sulfide) groups is 2. The number of benzene rings is 1. The van der Waals surface area contributed by atoms with Crippen molar-refractivity contribution in [1.29, 1.82) is 0 Å². The highest BCUT2D eigenvalue weighted by molar-refractivity contribution is 8.39. The Morgan fingerprint density at radius 2 is 2.23 bits per heavy atom. The van der Waals surface area contributed by atoms with E-state index in [0.717, 1.165) is 27.6 Å². The van der Waals surface area contributed by atoms with E-state index in [-0.39, 0.29) is 23.5 Å². The molecule has 0 saturated carbocycles. The molecule has 0 spiro atoms. The molecule has 2 aliphatic rings. The van der Waals surface area contributed by atoms with Crippen LogP contribution in [0.1, 0.15) is 6.42 Å². The lowest BCUT2D eigenvalue weighted by Gasteiger charge is -2.15. The number of hydrogen-bond donors (Lipinski definition) is 1. The van der Waals surface area contributed by atoms with Gasteiger partial charge in [0.1, 0.15) is 9.63 Å². The molecule has 1 atom stereocenters. The second kappa shape index (κ2) is 5.48.